The Morgan fingerprint density at radius 1 is 1.25 bits per heavy atom. The van der Waals surface area contributed by atoms with E-state index >= 15 is 0 Å². The van der Waals surface area contributed by atoms with E-state index in [2.05, 4.69) is 5.32 Å². The predicted molar refractivity (Wildman–Crippen MR) is 83.4 cm³/mol. The van der Waals surface area contributed by atoms with E-state index in [9.17, 15) is 4.79 Å². The molecule has 0 saturated heterocycles. The first-order chi connectivity index (χ1) is 9.23. The first-order valence-corrected chi connectivity index (χ1v) is 6.55. The first-order valence-electron chi connectivity index (χ1n) is 6.14. The highest BCUT2D eigenvalue weighted by Crippen LogP contribution is 2.18. The third-order valence-electron chi connectivity index (χ3n) is 2.37. The maximum atomic E-state index is 11.6. The van der Waals surface area contributed by atoms with Crippen LogP contribution in [0, 0.1) is 0 Å². The maximum absolute atomic E-state index is 11.6. The molecule has 6 heteroatoms. The van der Waals surface area contributed by atoms with Gasteiger partial charge in [-0.05, 0) is 57.3 Å². The van der Waals surface area contributed by atoms with Gasteiger partial charge in [-0.25, -0.2) is 4.79 Å². The number of thiocarbonyl (C=S) groups is 1. The molecule has 0 fully saturated rings. The highest BCUT2D eigenvalue weighted by molar-refractivity contribution is 7.80. The van der Waals surface area contributed by atoms with Gasteiger partial charge in [0.1, 0.15) is 11.4 Å². The second-order valence-electron chi connectivity index (χ2n) is 5.19. The van der Waals surface area contributed by atoms with Gasteiger partial charge < -0.3 is 14.4 Å². The molecule has 1 aromatic carbocycles. The van der Waals surface area contributed by atoms with Crippen molar-refractivity contribution in [1.29, 1.82) is 0 Å². The van der Waals surface area contributed by atoms with Crippen molar-refractivity contribution in [1.82, 2.24) is 5.32 Å². The number of nitrogens with one attached hydrogen (secondary N) is 1. The molecule has 110 valence electrons. The number of methoxy groups -OCH3 is 1. The highest BCUT2D eigenvalue weighted by atomic mass is 32.1. The average molecular weight is 296 g/mol. The van der Waals surface area contributed by atoms with Crippen LogP contribution < -0.4 is 15.0 Å². The molecule has 0 heterocycles. The standard InChI is InChI=1S/C14H20N2O3S/c1-14(2,3)19-13(17)15-12(20)16(4)10-6-8-11(18-5)9-7-10/h6-9H,1-5H3,(H,15,17,20). The second kappa shape index (κ2) is 6.56. The van der Waals surface area contributed by atoms with Crippen LogP contribution in [0.3, 0.4) is 0 Å². The van der Waals surface area contributed by atoms with Crippen LogP contribution in [0.5, 0.6) is 5.75 Å². The molecule has 1 aromatic rings. The lowest BCUT2D eigenvalue weighted by atomic mass is 10.2. The third-order valence-corrected chi connectivity index (χ3v) is 2.75. The molecule has 0 saturated carbocycles. The Morgan fingerprint density at radius 2 is 1.80 bits per heavy atom. The lowest BCUT2D eigenvalue weighted by molar-refractivity contribution is 0.0563. The lowest BCUT2D eigenvalue weighted by Crippen LogP contribution is -2.43. The summed E-state index contributed by atoms with van der Waals surface area (Å²) in [5, 5.41) is 2.80. The number of anilines is 1. The van der Waals surface area contributed by atoms with Gasteiger partial charge in [-0.2, -0.15) is 0 Å². The number of rotatable bonds is 2. The molecular weight excluding hydrogens is 276 g/mol. The summed E-state index contributed by atoms with van der Waals surface area (Å²) in [7, 11) is 3.37. The molecule has 0 aliphatic rings. The molecule has 0 aliphatic heterocycles. The summed E-state index contributed by atoms with van der Waals surface area (Å²) in [5.41, 5.74) is 0.283. The van der Waals surface area contributed by atoms with Crippen LogP contribution >= 0.6 is 12.2 Å². The quantitative estimate of drug-likeness (QED) is 0.850. The van der Waals surface area contributed by atoms with Gasteiger partial charge in [0.2, 0.25) is 0 Å². The number of carbonyl (C=O) groups is 1. The van der Waals surface area contributed by atoms with Crippen molar-refractivity contribution in [3.63, 3.8) is 0 Å². The highest BCUT2D eigenvalue weighted by Gasteiger charge is 2.18. The van der Waals surface area contributed by atoms with Gasteiger partial charge in [-0.1, -0.05) is 0 Å². The van der Waals surface area contributed by atoms with E-state index in [-0.39, 0.29) is 5.11 Å². The lowest BCUT2D eigenvalue weighted by Gasteiger charge is -2.23. The van der Waals surface area contributed by atoms with E-state index in [1.54, 1.807) is 39.8 Å². The summed E-state index contributed by atoms with van der Waals surface area (Å²) in [6, 6.07) is 7.34. The summed E-state index contributed by atoms with van der Waals surface area (Å²) < 4.78 is 10.2. The molecular formula is C14H20N2O3S. The van der Waals surface area contributed by atoms with Crippen molar-refractivity contribution in [2.45, 2.75) is 26.4 Å². The minimum Gasteiger partial charge on any atom is -0.497 e. The van der Waals surface area contributed by atoms with Crippen molar-refractivity contribution in [2.75, 3.05) is 19.1 Å². The Labute approximate surface area is 124 Å². The molecule has 0 atom stereocenters. The minimum atomic E-state index is -0.567. The summed E-state index contributed by atoms with van der Waals surface area (Å²) in [6.07, 6.45) is -0.567. The molecule has 1 N–H and O–H groups in total. The van der Waals surface area contributed by atoms with E-state index in [0.717, 1.165) is 11.4 Å². The maximum Gasteiger partial charge on any atom is 0.413 e. The van der Waals surface area contributed by atoms with Crippen LogP contribution in [0.2, 0.25) is 0 Å². The summed E-state index contributed by atoms with van der Waals surface area (Å²) in [6.45, 7) is 5.38. The zero-order valence-electron chi connectivity index (χ0n) is 12.4. The van der Waals surface area contributed by atoms with Gasteiger partial charge in [0, 0.05) is 12.7 Å². The number of amides is 1. The fourth-order valence-electron chi connectivity index (χ4n) is 1.40. The fraction of sp³-hybridized carbons (Fsp3) is 0.429. The zero-order valence-corrected chi connectivity index (χ0v) is 13.2. The van der Waals surface area contributed by atoms with Crippen LogP contribution in [0.1, 0.15) is 20.8 Å². The summed E-state index contributed by atoms with van der Waals surface area (Å²) in [5.74, 6) is 0.758. The largest absolute Gasteiger partial charge is 0.497 e. The summed E-state index contributed by atoms with van der Waals surface area (Å²) in [4.78, 5) is 13.3. The Bertz CT molecular complexity index is 480. The van der Waals surface area contributed by atoms with Gasteiger partial charge in [-0.15, -0.1) is 0 Å². The molecule has 1 rings (SSSR count). The third kappa shape index (κ3) is 5.05. The number of benzene rings is 1. The fourth-order valence-corrected chi connectivity index (χ4v) is 1.59. The Balaban J connectivity index is 2.64. The number of alkyl carbamates (subject to hydrolysis) is 1. The van der Waals surface area contributed by atoms with Crippen molar-refractivity contribution in [2.24, 2.45) is 0 Å². The van der Waals surface area contributed by atoms with E-state index in [1.165, 1.54) is 0 Å². The number of nitrogens with zero attached hydrogens (tertiary/aromatic N) is 1. The van der Waals surface area contributed by atoms with Crippen molar-refractivity contribution >= 4 is 29.1 Å². The Kier molecular flexibility index (Phi) is 5.33. The SMILES string of the molecule is COc1ccc(N(C)C(=S)NC(=O)OC(C)(C)C)cc1. The molecule has 0 aliphatic carbocycles. The molecule has 0 bridgehead atoms. The molecule has 5 nitrogen and oxygen atoms in total. The molecule has 0 spiro atoms. The van der Waals surface area contributed by atoms with Crippen molar-refractivity contribution in [3.05, 3.63) is 24.3 Å². The number of hydrogen-bond donors (Lipinski definition) is 1. The van der Waals surface area contributed by atoms with Gasteiger partial charge in [0.15, 0.2) is 5.11 Å². The number of ether oxygens (including phenoxy) is 2. The molecule has 0 aromatic heterocycles. The van der Waals surface area contributed by atoms with Crippen LogP contribution in [0.25, 0.3) is 0 Å². The average Bonchev–Trinajstić information content (AvgIpc) is 2.35. The minimum absolute atomic E-state index is 0.268. The topological polar surface area (TPSA) is 50.8 Å². The Hall–Kier alpha value is -1.82. The molecule has 1 amide bonds. The summed E-state index contributed by atoms with van der Waals surface area (Å²) >= 11 is 5.17. The van der Waals surface area contributed by atoms with E-state index < -0.39 is 11.7 Å². The molecule has 20 heavy (non-hydrogen) atoms. The van der Waals surface area contributed by atoms with E-state index in [0.29, 0.717) is 0 Å². The second-order valence-corrected chi connectivity index (χ2v) is 5.58. The normalized spacial score (nSPS) is 10.7. The van der Waals surface area contributed by atoms with Crippen LogP contribution in [0.4, 0.5) is 10.5 Å². The predicted octanol–water partition coefficient (Wildman–Crippen LogP) is 2.94. The van der Waals surface area contributed by atoms with Crippen LogP contribution in [-0.4, -0.2) is 31.0 Å². The number of hydrogen-bond acceptors (Lipinski definition) is 4. The van der Waals surface area contributed by atoms with Crippen LogP contribution in [0.15, 0.2) is 24.3 Å². The van der Waals surface area contributed by atoms with Gasteiger partial charge in [0.05, 0.1) is 7.11 Å². The smallest absolute Gasteiger partial charge is 0.413 e. The van der Waals surface area contributed by atoms with E-state index in [4.69, 9.17) is 21.7 Å². The van der Waals surface area contributed by atoms with Crippen molar-refractivity contribution in [3.8, 4) is 5.75 Å². The molecule has 0 radical (unpaired) electrons. The molecule has 0 unspecified atom stereocenters. The van der Waals surface area contributed by atoms with Crippen LogP contribution in [-0.2, 0) is 4.74 Å². The zero-order chi connectivity index (χ0) is 15.3. The Morgan fingerprint density at radius 3 is 2.25 bits per heavy atom. The van der Waals surface area contributed by atoms with Gasteiger partial charge >= 0.3 is 6.09 Å². The van der Waals surface area contributed by atoms with E-state index in [1.807, 2.05) is 24.3 Å². The van der Waals surface area contributed by atoms with Gasteiger partial charge in [-0.3, -0.25) is 5.32 Å². The van der Waals surface area contributed by atoms with Crippen molar-refractivity contribution < 1.29 is 14.3 Å². The first kappa shape index (κ1) is 16.2. The van der Waals surface area contributed by atoms with Gasteiger partial charge in [0.25, 0.3) is 0 Å². The monoisotopic (exact) mass is 296 g/mol. The number of carbonyl (C=O) groups excluding carboxylic acids is 1.